The van der Waals surface area contributed by atoms with Crippen LogP contribution in [-0.4, -0.2) is 56.0 Å². The maximum Gasteiger partial charge on any atom is 0.225 e. The molecule has 2 rings (SSSR count). The van der Waals surface area contributed by atoms with Gasteiger partial charge in [0.25, 0.3) is 0 Å². The highest BCUT2D eigenvalue weighted by atomic mass is 16.5. The minimum atomic E-state index is -0.333. The summed E-state index contributed by atoms with van der Waals surface area (Å²) >= 11 is 0. The van der Waals surface area contributed by atoms with Gasteiger partial charge in [-0.05, 0) is 12.1 Å². The Morgan fingerprint density at radius 3 is 2.86 bits per heavy atom. The molecule has 1 fully saturated rings. The molecule has 1 aliphatic heterocycles. The van der Waals surface area contributed by atoms with Crippen LogP contribution in [0.5, 0.6) is 11.5 Å². The number of benzene rings is 1. The van der Waals surface area contributed by atoms with Crippen LogP contribution in [0.2, 0.25) is 0 Å². The van der Waals surface area contributed by atoms with E-state index in [0.717, 1.165) is 5.56 Å². The highest BCUT2D eigenvalue weighted by molar-refractivity contribution is 5.76. The number of carbonyl (C=O) groups is 1. The van der Waals surface area contributed by atoms with Crippen molar-refractivity contribution >= 4 is 5.91 Å². The highest BCUT2D eigenvalue weighted by Gasteiger charge is 2.24. The van der Waals surface area contributed by atoms with E-state index in [0.29, 0.717) is 37.6 Å². The summed E-state index contributed by atoms with van der Waals surface area (Å²) in [4.78, 5) is 13.8. The molecule has 1 aromatic carbocycles. The molecule has 1 N–H and O–H groups in total. The molecule has 1 aliphatic rings. The second-order valence-corrected chi connectivity index (χ2v) is 4.88. The maximum absolute atomic E-state index is 12.1. The smallest absolute Gasteiger partial charge is 0.225 e. The third kappa shape index (κ3) is 3.86. The number of hydrogen-bond acceptors (Lipinski definition) is 5. The SMILES string of the molecule is COc1ccc(CN2C[C@@H](CO)OCCC2=O)c(OC)c1. The second kappa shape index (κ2) is 7.28. The molecule has 21 heavy (non-hydrogen) atoms. The summed E-state index contributed by atoms with van der Waals surface area (Å²) < 4.78 is 15.9. The van der Waals surface area contributed by atoms with Crippen molar-refractivity contribution in [3.05, 3.63) is 23.8 Å². The standard InChI is InChI=1S/C15H21NO5/c1-19-12-4-3-11(14(7-12)20-2)8-16-9-13(10-17)21-6-5-15(16)18/h3-4,7,13,17H,5-6,8-10H2,1-2H3/t13-/m0/s1. The largest absolute Gasteiger partial charge is 0.497 e. The molecule has 0 aliphatic carbocycles. The third-order valence-corrected chi connectivity index (χ3v) is 3.51. The lowest BCUT2D eigenvalue weighted by Crippen LogP contribution is -2.36. The average molecular weight is 295 g/mol. The predicted molar refractivity (Wildman–Crippen MR) is 76.4 cm³/mol. The van der Waals surface area contributed by atoms with E-state index < -0.39 is 0 Å². The van der Waals surface area contributed by atoms with Gasteiger partial charge in [0.15, 0.2) is 0 Å². The van der Waals surface area contributed by atoms with Crippen LogP contribution in [-0.2, 0) is 16.1 Å². The fraction of sp³-hybridized carbons (Fsp3) is 0.533. The molecule has 1 heterocycles. The Hall–Kier alpha value is -1.79. The van der Waals surface area contributed by atoms with E-state index in [-0.39, 0.29) is 18.6 Å². The first-order valence-electron chi connectivity index (χ1n) is 6.89. The Morgan fingerprint density at radius 2 is 2.19 bits per heavy atom. The minimum Gasteiger partial charge on any atom is -0.497 e. The topological polar surface area (TPSA) is 68.2 Å². The van der Waals surface area contributed by atoms with Crippen LogP contribution in [0, 0.1) is 0 Å². The van der Waals surface area contributed by atoms with E-state index >= 15 is 0 Å². The lowest BCUT2D eigenvalue weighted by molar-refractivity contribution is -0.131. The molecule has 1 amide bonds. The van der Waals surface area contributed by atoms with Gasteiger partial charge < -0.3 is 24.2 Å². The van der Waals surface area contributed by atoms with Gasteiger partial charge in [-0.3, -0.25) is 4.79 Å². The number of ether oxygens (including phenoxy) is 3. The Bertz CT molecular complexity index is 491. The maximum atomic E-state index is 12.1. The van der Waals surface area contributed by atoms with Crippen molar-refractivity contribution in [3.63, 3.8) is 0 Å². The second-order valence-electron chi connectivity index (χ2n) is 4.88. The number of rotatable bonds is 5. The number of methoxy groups -OCH3 is 2. The minimum absolute atomic E-state index is 0.0174. The van der Waals surface area contributed by atoms with E-state index in [2.05, 4.69) is 0 Å². The number of hydrogen-bond donors (Lipinski definition) is 1. The monoisotopic (exact) mass is 295 g/mol. The Balaban J connectivity index is 2.16. The summed E-state index contributed by atoms with van der Waals surface area (Å²) in [5, 5.41) is 9.25. The van der Waals surface area contributed by atoms with Gasteiger partial charge in [-0.2, -0.15) is 0 Å². The van der Waals surface area contributed by atoms with Crippen LogP contribution in [0.3, 0.4) is 0 Å². The fourth-order valence-electron chi connectivity index (χ4n) is 2.32. The first-order chi connectivity index (χ1) is 10.2. The van der Waals surface area contributed by atoms with Gasteiger partial charge in [-0.15, -0.1) is 0 Å². The summed E-state index contributed by atoms with van der Waals surface area (Å²) in [6.45, 7) is 1.06. The molecule has 0 unspecified atom stereocenters. The molecular formula is C15H21NO5. The molecule has 0 aromatic heterocycles. The summed E-state index contributed by atoms with van der Waals surface area (Å²) in [7, 11) is 3.18. The number of amides is 1. The Morgan fingerprint density at radius 1 is 1.38 bits per heavy atom. The van der Waals surface area contributed by atoms with Crippen LogP contribution >= 0.6 is 0 Å². The van der Waals surface area contributed by atoms with E-state index in [1.807, 2.05) is 12.1 Å². The van der Waals surface area contributed by atoms with Gasteiger partial charge in [0, 0.05) is 24.7 Å². The van der Waals surface area contributed by atoms with Crippen molar-refractivity contribution < 1.29 is 24.1 Å². The zero-order chi connectivity index (χ0) is 15.2. The fourth-order valence-corrected chi connectivity index (χ4v) is 2.32. The molecule has 6 nitrogen and oxygen atoms in total. The molecule has 6 heteroatoms. The lowest BCUT2D eigenvalue weighted by Gasteiger charge is -2.24. The van der Waals surface area contributed by atoms with E-state index in [9.17, 15) is 9.90 Å². The molecular weight excluding hydrogens is 274 g/mol. The van der Waals surface area contributed by atoms with Crippen molar-refractivity contribution in [2.24, 2.45) is 0 Å². The number of carbonyl (C=O) groups excluding carboxylic acids is 1. The Labute approximate surface area is 124 Å². The molecule has 1 saturated heterocycles. The zero-order valence-electron chi connectivity index (χ0n) is 12.4. The van der Waals surface area contributed by atoms with E-state index in [1.165, 1.54) is 0 Å². The molecule has 0 bridgehead atoms. The normalized spacial score (nSPS) is 19.3. The van der Waals surface area contributed by atoms with Crippen molar-refractivity contribution in [3.8, 4) is 11.5 Å². The van der Waals surface area contributed by atoms with Gasteiger partial charge in [-0.25, -0.2) is 0 Å². The van der Waals surface area contributed by atoms with Gasteiger partial charge >= 0.3 is 0 Å². The predicted octanol–water partition coefficient (Wildman–Crippen LogP) is 0.814. The Kier molecular flexibility index (Phi) is 5.41. The van der Waals surface area contributed by atoms with Crippen molar-refractivity contribution in [1.29, 1.82) is 0 Å². The van der Waals surface area contributed by atoms with E-state index in [1.54, 1.807) is 25.2 Å². The van der Waals surface area contributed by atoms with Crippen LogP contribution < -0.4 is 9.47 Å². The molecule has 0 spiro atoms. The zero-order valence-corrected chi connectivity index (χ0v) is 12.4. The van der Waals surface area contributed by atoms with Gasteiger partial charge in [0.1, 0.15) is 11.5 Å². The van der Waals surface area contributed by atoms with Crippen LogP contribution in [0.1, 0.15) is 12.0 Å². The van der Waals surface area contributed by atoms with Gasteiger partial charge in [0.05, 0.1) is 40.0 Å². The summed E-state index contributed by atoms with van der Waals surface area (Å²) in [6.07, 6.45) is -0.00435. The number of aliphatic hydroxyl groups is 1. The van der Waals surface area contributed by atoms with E-state index in [4.69, 9.17) is 14.2 Å². The summed E-state index contributed by atoms with van der Waals surface area (Å²) in [5.74, 6) is 1.39. The molecule has 1 aromatic rings. The van der Waals surface area contributed by atoms with Crippen LogP contribution in [0.25, 0.3) is 0 Å². The van der Waals surface area contributed by atoms with Crippen LogP contribution in [0.15, 0.2) is 18.2 Å². The third-order valence-electron chi connectivity index (χ3n) is 3.51. The van der Waals surface area contributed by atoms with Crippen LogP contribution in [0.4, 0.5) is 0 Å². The molecule has 1 atom stereocenters. The quantitative estimate of drug-likeness (QED) is 0.871. The first-order valence-corrected chi connectivity index (χ1v) is 6.89. The van der Waals surface area contributed by atoms with Crippen molar-refractivity contribution in [2.75, 3.05) is 34.0 Å². The lowest BCUT2D eigenvalue weighted by atomic mass is 10.1. The molecule has 116 valence electrons. The van der Waals surface area contributed by atoms with Crippen molar-refractivity contribution in [1.82, 2.24) is 4.90 Å². The highest BCUT2D eigenvalue weighted by Crippen LogP contribution is 2.26. The molecule has 0 saturated carbocycles. The van der Waals surface area contributed by atoms with Gasteiger partial charge in [0.2, 0.25) is 5.91 Å². The van der Waals surface area contributed by atoms with Gasteiger partial charge in [-0.1, -0.05) is 0 Å². The molecule has 0 radical (unpaired) electrons. The first kappa shape index (κ1) is 15.6. The number of nitrogens with zero attached hydrogens (tertiary/aromatic N) is 1. The van der Waals surface area contributed by atoms with Crippen molar-refractivity contribution in [2.45, 2.75) is 19.1 Å². The summed E-state index contributed by atoms with van der Waals surface area (Å²) in [5.41, 5.74) is 0.894. The average Bonchev–Trinajstić information content (AvgIpc) is 2.69. The summed E-state index contributed by atoms with van der Waals surface area (Å²) in [6, 6.07) is 5.50. The number of aliphatic hydroxyl groups excluding tert-OH is 1.